The molecule has 1 N–H and O–H groups in total. The Hall–Kier alpha value is -1.42. The van der Waals surface area contributed by atoms with Crippen LogP contribution in [0.1, 0.15) is 56.6 Å². The van der Waals surface area contributed by atoms with Crippen LogP contribution in [0.3, 0.4) is 0 Å². The molecule has 1 unspecified atom stereocenters. The number of aliphatic hydroxyl groups excluding tert-OH is 1. The smallest absolute Gasteiger partial charge is 0.269 e. The van der Waals surface area contributed by atoms with Crippen molar-refractivity contribution in [3.05, 3.63) is 39.9 Å². The van der Waals surface area contributed by atoms with E-state index in [4.69, 9.17) is 0 Å². The molecule has 1 aromatic carbocycles. The number of nitro groups is 1. The van der Waals surface area contributed by atoms with E-state index in [0.717, 1.165) is 24.3 Å². The third kappa shape index (κ3) is 4.03. The third-order valence-corrected chi connectivity index (χ3v) is 4.05. The number of hydrogen-bond acceptors (Lipinski definition) is 3. The molecule has 19 heavy (non-hydrogen) atoms. The van der Waals surface area contributed by atoms with Crippen LogP contribution >= 0.6 is 0 Å². The summed E-state index contributed by atoms with van der Waals surface area (Å²) in [5.41, 5.74) is 0.846. The van der Waals surface area contributed by atoms with Crippen LogP contribution < -0.4 is 0 Å². The van der Waals surface area contributed by atoms with Gasteiger partial charge in [-0.3, -0.25) is 10.1 Å². The van der Waals surface area contributed by atoms with Crippen LogP contribution in [0.5, 0.6) is 0 Å². The van der Waals surface area contributed by atoms with Crippen LogP contribution in [0.25, 0.3) is 0 Å². The van der Waals surface area contributed by atoms with Gasteiger partial charge in [0.05, 0.1) is 11.0 Å². The highest BCUT2D eigenvalue weighted by molar-refractivity contribution is 5.33. The lowest BCUT2D eigenvalue weighted by Gasteiger charge is -2.13. The molecule has 0 radical (unpaired) electrons. The van der Waals surface area contributed by atoms with Crippen molar-refractivity contribution in [2.75, 3.05) is 0 Å². The molecule has 2 rings (SSSR count). The quantitative estimate of drug-likeness (QED) is 0.623. The summed E-state index contributed by atoms with van der Waals surface area (Å²) in [5, 5.41) is 20.6. The molecular formula is C15H21NO3. The first-order valence-electron chi connectivity index (χ1n) is 7.09. The first kappa shape index (κ1) is 14.0. The van der Waals surface area contributed by atoms with Crippen molar-refractivity contribution >= 4 is 5.69 Å². The van der Waals surface area contributed by atoms with Gasteiger partial charge in [0.25, 0.3) is 5.69 Å². The molecule has 0 saturated heterocycles. The number of aliphatic hydroxyl groups is 1. The molecule has 0 aliphatic heterocycles. The summed E-state index contributed by atoms with van der Waals surface area (Å²) >= 11 is 0. The van der Waals surface area contributed by atoms with Crippen molar-refractivity contribution in [2.45, 2.75) is 51.0 Å². The Morgan fingerprint density at radius 2 is 1.89 bits per heavy atom. The SMILES string of the molecule is O=[N+]([O-])c1ccc(C(O)CCCC2CCCC2)cc1. The van der Waals surface area contributed by atoms with E-state index >= 15 is 0 Å². The van der Waals surface area contributed by atoms with Crippen LogP contribution in [-0.4, -0.2) is 10.0 Å². The van der Waals surface area contributed by atoms with Crippen molar-refractivity contribution in [1.82, 2.24) is 0 Å². The summed E-state index contributed by atoms with van der Waals surface area (Å²) in [6.07, 6.45) is 7.87. The first-order valence-corrected chi connectivity index (χ1v) is 7.09. The minimum absolute atomic E-state index is 0.0712. The van der Waals surface area contributed by atoms with Crippen LogP contribution in [-0.2, 0) is 0 Å². The zero-order chi connectivity index (χ0) is 13.7. The summed E-state index contributed by atoms with van der Waals surface area (Å²) in [6.45, 7) is 0. The molecule has 1 aromatic rings. The summed E-state index contributed by atoms with van der Waals surface area (Å²) in [4.78, 5) is 10.1. The highest BCUT2D eigenvalue weighted by Crippen LogP contribution is 2.30. The predicted molar refractivity (Wildman–Crippen MR) is 73.9 cm³/mol. The van der Waals surface area contributed by atoms with Gasteiger partial charge in [0.15, 0.2) is 0 Å². The number of benzene rings is 1. The van der Waals surface area contributed by atoms with Crippen molar-refractivity contribution < 1.29 is 10.0 Å². The molecular weight excluding hydrogens is 242 g/mol. The molecule has 4 heteroatoms. The Kier molecular flexibility index (Phi) is 4.91. The van der Waals surface area contributed by atoms with Gasteiger partial charge in [-0.1, -0.05) is 38.5 Å². The van der Waals surface area contributed by atoms with Gasteiger partial charge in [-0.05, 0) is 30.0 Å². The topological polar surface area (TPSA) is 63.4 Å². The van der Waals surface area contributed by atoms with Gasteiger partial charge < -0.3 is 5.11 Å². The Morgan fingerprint density at radius 3 is 2.47 bits per heavy atom. The predicted octanol–water partition coefficient (Wildman–Crippen LogP) is 3.99. The average Bonchev–Trinajstić information content (AvgIpc) is 2.92. The molecule has 0 heterocycles. The monoisotopic (exact) mass is 263 g/mol. The molecule has 0 amide bonds. The van der Waals surface area contributed by atoms with Crippen molar-refractivity contribution in [1.29, 1.82) is 0 Å². The molecule has 0 bridgehead atoms. The normalized spacial score (nSPS) is 17.5. The van der Waals surface area contributed by atoms with E-state index < -0.39 is 11.0 Å². The zero-order valence-electron chi connectivity index (χ0n) is 11.1. The second kappa shape index (κ2) is 6.66. The van der Waals surface area contributed by atoms with E-state index in [-0.39, 0.29) is 5.69 Å². The second-order valence-electron chi connectivity index (χ2n) is 5.45. The van der Waals surface area contributed by atoms with E-state index in [9.17, 15) is 15.2 Å². The van der Waals surface area contributed by atoms with Gasteiger partial charge in [0.2, 0.25) is 0 Å². The van der Waals surface area contributed by atoms with E-state index in [0.29, 0.717) is 0 Å². The largest absolute Gasteiger partial charge is 0.388 e. The molecule has 0 spiro atoms. The van der Waals surface area contributed by atoms with E-state index in [1.807, 2.05) is 0 Å². The van der Waals surface area contributed by atoms with Crippen LogP contribution in [0, 0.1) is 16.0 Å². The highest BCUT2D eigenvalue weighted by atomic mass is 16.6. The lowest BCUT2D eigenvalue weighted by molar-refractivity contribution is -0.384. The van der Waals surface area contributed by atoms with E-state index in [1.54, 1.807) is 12.1 Å². The standard InChI is InChI=1S/C15H21NO3/c17-15(7-3-6-12-4-1-2-5-12)13-8-10-14(11-9-13)16(18)19/h8-12,15,17H,1-7H2. The average molecular weight is 263 g/mol. The summed E-state index contributed by atoms with van der Waals surface area (Å²) in [6, 6.07) is 6.21. The fourth-order valence-corrected chi connectivity index (χ4v) is 2.88. The van der Waals surface area contributed by atoms with E-state index in [2.05, 4.69) is 0 Å². The van der Waals surface area contributed by atoms with Gasteiger partial charge in [-0.25, -0.2) is 0 Å². The first-order chi connectivity index (χ1) is 9.16. The summed E-state index contributed by atoms with van der Waals surface area (Å²) in [5.74, 6) is 0.851. The molecule has 0 aromatic heterocycles. The molecule has 1 atom stereocenters. The van der Waals surface area contributed by atoms with Crippen molar-refractivity contribution in [2.24, 2.45) is 5.92 Å². The second-order valence-corrected chi connectivity index (χ2v) is 5.45. The summed E-state index contributed by atoms with van der Waals surface area (Å²) < 4.78 is 0. The van der Waals surface area contributed by atoms with Crippen LogP contribution in [0.15, 0.2) is 24.3 Å². The van der Waals surface area contributed by atoms with E-state index in [1.165, 1.54) is 44.2 Å². The minimum Gasteiger partial charge on any atom is -0.388 e. The zero-order valence-corrected chi connectivity index (χ0v) is 11.1. The van der Waals surface area contributed by atoms with Crippen LogP contribution in [0.2, 0.25) is 0 Å². The maximum absolute atomic E-state index is 10.5. The van der Waals surface area contributed by atoms with Gasteiger partial charge >= 0.3 is 0 Å². The Labute approximate surface area is 113 Å². The van der Waals surface area contributed by atoms with Gasteiger partial charge in [-0.15, -0.1) is 0 Å². The fraction of sp³-hybridized carbons (Fsp3) is 0.600. The van der Waals surface area contributed by atoms with Gasteiger partial charge in [0, 0.05) is 12.1 Å². The number of nitrogens with zero attached hydrogens (tertiary/aromatic N) is 1. The Balaban J connectivity index is 1.78. The lowest BCUT2D eigenvalue weighted by Crippen LogP contribution is -2.00. The molecule has 1 aliphatic rings. The van der Waals surface area contributed by atoms with Crippen LogP contribution in [0.4, 0.5) is 5.69 Å². The molecule has 4 nitrogen and oxygen atoms in total. The molecule has 1 aliphatic carbocycles. The molecule has 1 saturated carbocycles. The highest BCUT2D eigenvalue weighted by Gasteiger charge is 2.16. The number of nitro benzene ring substituents is 1. The third-order valence-electron chi connectivity index (χ3n) is 4.05. The molecule has 1 fully saturated rings. The Bertz CT molecular complexity index is 410. The number of rotatable bonds is 6. The maximum Gasteiger partial charge on any atom is 0.269 e. The maximum atomic E-state index is 10.5. The van der Waals surface area contributed by atoms with Crippen molar-refractivity contribution in [3.63, 3.8) is 0 Å². The Morgan fingerprint density at radius 1 is 1.26 bits per heavy atom. The van der Waals surface area contributed by atoms with Crippen molar-refractivity contribution in [3.8, 4) is 0 Å². The minimum atomic E-state index is -0.498. The lowest BCUT2D eigenvalue weighted by atomic mass is 9.97. The summed E-state index contributed by atoms with van der Waals surface area (Å²) in [7, 11) is 0. The van der Waals surface area contributed by atoms with Gasteiger partial charge in [-0.2, -0.15) is 0 Å². The fourth-order valence-electron chi connectivity index (χ4n) is 2.88. The van der Waals surface area contributed by atoms with Gasteiger partial charge in [0.1, 0.15) is 0 Å². The molecule has 104 valence electrons. The number of hydrogen-bond donors (Lipinski definition) is 1. The number of non-ortho nitro benzene ring substituents is 1.